The van der Waals surface area contributed by atoms with E-state index >= 15 is 0 Å². The number of fused-ring (bicyclic) bond motifs is 1. The number of esters is 1. The Morgan fingerprint density at radius 3 is 2.85 bits per heavy atom. The maximum Gasteiger partial charge on any atom is 0.348 e. The number of ether oxygens (including phenoxy) is 1. The van der Waals surface area contributed by atoms with E-state index in [9.17, 15) is 4.79 Å². The van der Waals surface area contributed by atoms with Gasteiger partial charge in [-0.2, -0.15) is 5.26 Å². The van der Waals surface area contributed by atoms with Crippen LogP contribution >= 0.6 is 23.1 Å². The Hall–Kier alpha value is -1.65. The fourth-order valence-corrected chi connectivity index (χ4v) is 3.78. The Labute approximate surface area is 125 Å². The summed E-state index contributed by atoms with van der Waals surface area (Å²) in [5.74, 6) is 0.617. The van der Waals surface area contributed by atoms with Crippen molar-refractivity contribution in [1.82, 2.24) is 9.97 Å². The predicted molar refractivity (Wildman–Crippen MR) is 79.2 cm³/mol. The number of rotatable bonds is 4. The monoisotopic (exact) mass is 307 g/mol. The molecule has 0 aliphatic carbocycles. The first kappa shape index (κ1) is 14.8. The van der Waals surface area contributed by atoms with Crippen LogP contribution in [0.15, 0.2) is 5.03 Å². The van der Waals surface area contributed by atoms with E-state index in [0.29, 0.717) is 23.1 Å². The van der Waals surface area contributed by atoms with Crippen molar-refractivity contribution in [2.75, 3.05) is 12.4 Å². The minimum atomic E-state index is -0.332. The molecule has 0 bridgehead atoms. The van der Waals surface area contributed by atoms with Crippen molar-refractivity contribution >= 4 is 39.3 Å². The second-order valence-electron chi connectivity index (χ2n) is 3.98. The van der Waals surface area contributed by atoms with Gasteiger partial charge in [-0.3, -0.25) is 0 Å². The maximum atomic E-state index is 11.9. The zero-order valence-corrected chi connectivity index (χ0v) is 13.0. The Balaban J connectivity index is 2.58. The van der Waals surface area contributed by atoms with Crippen LogP contribution in [0.4, 0.5) is 0 Å². The predicted octanol–water partition coefficient (Wildman–Crippen LogP) is 3.10. The second-order valence-corrected chi connectivity index (χ2v) is 5.94. The van der Waals surface area contributed by atoms with Crippen LogP contribution in [0.2, 0.25) is 0 Å². The first-order valence-corrected chi connectivity index (χ1v) is 7.83. The number of nitriles is 1. The molecule has 0 N–H and O–H groups in total. The van der Waals surface area contributed by atoms with E-state index in [1.807, 2.05) is 6.92 Å². The van der Waals surface area contributed by atoms with Gasteiger partial charge in [-0.1, -0.05) is 11.8 Å². The minimum absolute atomic E-state index is 0.315. The highest BCUT2D eigenvalue weighted by atomic mass is 32.2. The average molecular weight is 307 g/mol. The lowest BCUT2D eigenvalue weighted by molar-refractivity contribution is 0.0531. The molecule has 0 saturated heterocycles. The first-order valence-electron chi connectivity index (χ1n) is 6.03. The highest BCUT2D eigenvalue weighted by Crippen LogP contribution is 2.35. The third-order valence-corrected chi connectivity index (χ3v) is 4.61. The van der Waals surface area contributed by atoms with E-state index in [1.54, 1.807) is 13.8 Å². The molecule has 0 saturated carbocycles. The summed E-state index contributed by atoms with van der Waals surface area (Å²) in [5.41, 5.74) is 0.823. The molecular weight excluding hydrogens is 294 g/mol. The Kier molecular flexibility index (Phi) is 4.57. The molecule has 0 aliphatic rings. The van der Waals surface area contributed by atoms with Gasteiger partial charge in [0.15, 0.2) is 0 Å². The van der Waals surface area contributed by atoms with Gasteiger partial charge in [-0.25, -0.2) is 14.8 Å². The van der Waals surface area contributed by atoms with Crippen molar-refractivity contribution in [2.45, 2.75) is 25.8 Å². The summed E-state index contributed by atoms with van der Waals surface area (Å²) in [4.78, 5) is 22.0. The molecule has 0 aliphatic heterocycles. The van der Waals surface area contributed by atoms with Crippen LogP contribution in [0, 0.1) is 25.2 Å². The van der Waals surface area contributed by atoms with E-state index in [0.717, 1.165) is 20.8 Å². The van der Waals surface area contributed by atoms with E-state index < -0.39 is 0 Å². The van der Waals surface area contributed by atoms with Crippen LogP contribution in [0.5, 0.6) is 0 Å². The lowest BCUT2D eigenvalue weighted by Crippen LogP contribution is -2.03. The van der Waals surface area contributed by atoms with E-state index in [1.165, 1.54) is 23.1 Å². The number of hydrogen-bond donors (Lipinski definition) is 0. The van der Waals surface area contributed by atoms with Gasteiger partial charge in [0.05, 0.1) is 18.4 Å². The van der Waals surface area contributed by atoms with Crippen molar-refractivity contribution in [1.29, 1.82) is 5.26 Å². The Morgan fingerprint density at radius 2 is 2.20 bits per heavy atom. The topological polar surface area (TPSA) is 75.9 Å². The van der Waals surface area contributed by atoms with Crippen LogP contribution in [-0.4, -0.2) is 28.3 Å². The molecule has 0 unspecified atom stereocenters. The number of carbonyl (C=O) groups is 1. The van der Waals surface area contributed by atoms with Crippen LogP contribution in [-0.2, 0) is 4.74 Å². The zero-order valence-electron chi connectivity index (χ0n) is 11.4. The Bertz CT molecular complexity index is 704. The largest absolute Gasteiger partial charge is 0.462 e. The summed E-state index contributed by atoms with van der Waals surface area (Å²) in [6.07, 6.45) is 0. The molecule has 104 valence electrons. The summed E-state index contributed by atoms with van der Waals surface area (Å²) in [6.45, 7) is 5.78. The minimum Gasteiger partial charge on any atom is -0.462 e. The standard InChI is InChI=1S/C13H13N3O2S2/c1-4-18-13(17)10-7(2)9-11(19-6-5-14)15-8(3)16-12(9)20-10/h4,6H2,1-3H3. The third-order valence-electron chi connectivity index (χ3n) is 2.60. The SMILES string of the molecule is CCOC(=O)c1sc2nc(C)nc(SCC#N)c2c1C. The van der Waals surface area contributed by atoms with Gasteiger partial charge in [-0.15, -0.1) is 11.3 Å². The van der Waals surface area contributed by atoms with Gasteiger partial charge in [0, 0.05) is 5.39 Å². The number of aromatic nitrogens is 2. The molecule has 2 aromatic rings. The maximum absolute atomic E-state index is 11.9. The lowest BCUT2D eigenvalue weighted by atomic mass is 10.2. The number of carbonyl (C=O) groups excluding carboxylic acids is 1. The molecule has 2 heterocycles. The number of aryl methyl sites for hydroxylation is 2. The molecular formula is C13H13N3O2S2. The van der Waals surface area contributed by atoms with Gasteiger partial charge < -0.3 is 4.74 Å². The molecule has 0 atom stereocenters. The zero-order chi connectivity index (χ0) is 14.7. The highest BCUT2D eigenvalue weighted by molar-refractivity contribution is 7.99. The van der Waals surface area contributed by atoms with Crippen LogP contribution in [0.1, 0.15) is 28.0 Å². The number of thioether (sulfide) groups is 1. The van der Waals surface area contributed by atoms with Gasteiger partial charge in [0.2, 0.25) is 0 Å². The van der Waals surface area contributed by atoms with Crippen molar-refractivity contribution in [3.63, 3.8) is 0 Å². The van der Waals surface area contributed by atoms with Crippen LogP contribution in [0.3, 0.4) is 0 Å². The molecule has 0 radical (unpaired) electrons. The van der Waals surface area contributed by atoms with Crippen LogP contribution < -0.4 is 0 Å². The van der Waals surface area contributed by atoms with Crippen molar-refractivity contribution in [3.05, 3.63) is 16.3 Å². The van der Waals surface area contributed by atoms with E-state index in [4.69, 9.17) is 10.00 Å². The van der Waals surface area contributed by atoms with Gasteiger partial charge in [-0.05, 0) is 26.3 Å². The van der Waals surface area contributed by atoms with Crippen molar-refractivity contribution in [2.24, 2.45) is 0 Å². The Morgan fingerprint density at radius 1 is 1.45 bits per heavy atom. The van der Waals surface area contributed by atoms with Crippen molar-refractivity contribution in [3.8, 4) is 6.07 Å². The van der Waals surface area contributed by atoms with Gasteiger partial charge in [0.25, 0.3) is 0 Å². The van der Waals surface area contributed by atoms with Gasteiger partial charge >= 0.3 is 5.97 Å². The molecule has 0 amide bonds. The summed E-state index contributed by atoms with van der Waals surface area (Å²) in [7, 11) is 0. The summed E-state index contributed by atoms with van der Waals surface area (Å²) < 4.78 is 5.05. The number of nitrogens with zero attached hydrogens (tertiary/aromatic N) is 3. The molecule has 5 nitrogen and oxygen atoms in total. The molecule has 0 spiro atoms. The normalized spacial score (nSPS) is 10.5. The molecule has 20 heavy (non-hydrogen) atoms. The molecule has 2 aromatic heterocycles. The van der Waals surface area contributed by atoms with Crippen LogP contribution in [0.25, 0.3) is 10.2 Å². The lowest BCUT2D eigenvalue weighted by Gasteiger charge is -2.02. The molecule has 2 rings (SSSR count). The van der Waals surface area contributed by atoms with E-state index in [-0.39, 0.29) is 5.97 Å². The first-order chi connectivity index (χ1) is 9.58. The van der Waals surface area contributed by atoms with Gasteiger partial charge in [0.1, 0.15) is 20.6 Å². The average Bonchev–Trinajstić information content (AvgIpc) is 2.73. The summed E-state index contributed by atoms with van der Waals surface area (Å²) >= 11 is 2.67. The summed E-state index contributed by atoms with van der Waals surface area (Å²) in [5, 5.41) is 10.3. The highest BCUT2D eigenvalue weighted by Gasteiger charge is 2.20. The smallest absolute Gasteiger partial charge is 0.348 e. The fraction of sp³-hybridized carbons (Fsp3) is 0.385. The molecule has 7 heteroatoms. The fourth-order valence-electron chi connectivity index (χ4n) is 1.80. The number of hydrogen-bond acceptors (Lipinski definition) is 7. The second kappa shape index (κ2) is 6.20. The quantitative estimate of drug-likeness (QED) is 0.491. The molecule has 0 aromatic carbocycles. The van der Waals surface area contributed by atoms with Crippen molar-refractivity contribution < 1.29 is 9.53 Å². The van der Waals surface area contributed by atoms with E-state index in [2.05, 4.69) is 16.0 Å². The number of thiophene rings is 1. The summed E-state index contributed by atoms with van der Waals surface area (Å²) in [6, 6.07) is 2.08. The molecule has 0 fully saturated rings. The third kappa shape index (κ3) is 2.76.